The Labute approximate surface area is 159 Å². The number of hydrogen-bond donors (Lipinski definition) is 1. The molecule has 0 radical (unpaired) electrons. The van der Waals surface area contributed by atoms with Crippen LogP contribution in [0, 0.1) is 5.82 Å². The number of likely N-dealkylation sites (tertiary alicyclic amines) is 1. The zero-order valence-corrected chi connectivity index (χ0v) is 15.7. The highest BCUT2D eigenvalue weighted by molar-refractivity contribution is 5.75. The zero-order chi connectivity index (χ0) is 18.9. The van der Waals surface area contributed by atoms with Crippen LogP contribution in [0.4, 0.5) is 4.39 Å². The van der Waals surface area contributed by atoms with Crippen LogP contribution >= 0.6 is 0 Å². The molecule has 5 heteroatoms. The summed E-state index contributed by atoms with van der Waals surface area (Å²) < 4.78 is 16.4. The van der Waals surface area contributed by atoms with Gasteiger partial charge in [0, 0.05) is 25.2 Å². The molecule has 0 unspecified atom stereocenters. The molecule has 4 nitrogen and oxygen atoms in total. The smallest absolute Gasteiger partial charge is 0.129 e. The standard InChI is InChI=1S/C22H26FN3O/c1-2-13-26-20-10-6-5-9-19(20)24-21(26)16-25-14-11-22(27,12-15-25)17-7-3-4-8-18(17)23/h3-10,27H,2,11-16H2,1H3. The number of aryl methyl sites for hydroxylation is 1. The van der Waals surface area contributed by atoms with Gasteiger partial charge < -0.3 is 9.67 Å². The van der Waals surface area contributed by atoms with E-state index in [9.17, 15) is 9.50 Å². The van der Waals surface area contributed by atoms with Gasteiger partial charge in [-0.1, -0.05) is 37.3 Å². The zero-order valence-electron chi connectivity index (χ0n) is 15.7. The Balaban J connectivity index is 1.51. The highest BCUT2D eigenvalue weighted by Crippen LogP contribution is 2.34. The first-order valence-corrected chi connectivity index (χ1v) is 9.74. The fraction of sp³-hybridized carbons (Fsp3) is 0.409. The predicted octanol–water partition coefficient (Wildman–Crippen LogP) is 4.07. The molecule has 1 aromatic heterocycles. The van der Waals surface area contributed by atoms with Crippen LogP contribution in [0.15, 0.2) is 48.5 Å². The van der Waals surface area contributed by atoms with Gasteiger partial charge in [0.15, 0.2) is 0 Å². The van der Waals surface area contributed by atoms with E-state index < -0.39 is 5.60 Å². The molecule has 142 valence electrons. The van der Waals surface area contributed by atoms with E-state index >= 15 is 0 Å². The molecule has 0 saturated carbocycles. The monoisotopic (exact) mass is 367 g/mol. The van der Waals surface area contributed by atoms with Crippen LogP contribution < -0.4 is 0 Å². The fourth-order valence-electron chi connectivity index (χ4n) is 4.11. The molecular weight excluding hydrogens is 341 g/mol. The van der Waals surface area contributed by atoms with Gasteiger partial charge in [0.1, 0.15) is 11.6 Å². The summed E-state index contributed by atoms with van der Waals surface area (Å²) in [7, 11) is 0. The Kier molecular flexibility index (Phi) is 4.98. The van der Waals surface area contributed by atoms with E-state index in [4.69, 9.17) is 4.98 Å². The van der Waals surface area contributed by atoms with Crippen LogP contribution in [0.1, 0.15) is 37.6 Å². The van der Waals surface area contributed by atoms with Crippen LogP contribution in [0.3, 0.4) is 0 Å². The largest absolute Gasteiger partial charge is 0.385 e. The maximum atomic E-state index is 14.1. The molecule has 1 fully saturated rings. The number of benzene rings is 2. The van der Waals surface area contributed by atoms with Crippen molar-refractivity contribution in [3.8, 4) is 0 Å². The minimum absolute atomic E-state index is 0.321. The number of para-hydroxylation sites is 2. The fourth-order valence-corrected chi connectivity index (χ4v) is 4.11. The van der Waals surface area contributed by atoms with E-state index in [0.717, 1.165) is 43.9 Å². The lowest BCUT2D eigenvalue weighted by Gasteiger charge is -2.38. The summed E-state index contributed by atoms with van der Waals surface area (Å²) in [6.07, 6.45) is 2.12. The minimum Gasteiger partial charge on any atom is -0.385 e. The summed E-state index contributed by atoms with van der Waals surface area (Å²) in [5.41, 5.74) is 1.55. The third-order valence-corrected chi connectivity index (χ3v) is 5.60. The van der Waals surface area contributed by atoms with Crippen LogP contribution in [0.5, 0.6) is 0 Å². The average molecular weight is 367 g/mol. The SMILES string of the molecule is CCCn1c(CN2CCC(O)(c3ccccc3F)CC2)nc2ccccc21. The molecule has 0 atom stereocenters. The first-order valence-electron chi connectivity index (χ1n) is 9.74. The van der Waals surface area contributed by atoms with E-state index in [1.54, 1.807) is 18.2 Å². The van der Waals surface area contributed by atoms with Crippen molar-refractivity contribution in [2.24, 2.45) is 0 Å². The number of fused-ring (bicyclic) bond motifs is 1. The van der Waals surface area contributed by atoms with Crippen molar-refractivity contribution in [1.29, 1.82) is 0 Å². The van der Waals surface area contributed by atoms with Crippen molar-refractivity contribution in [1.82, 2.24) is 14.5 Å². The molecule has 1 aliphatic heterocycles. The number of halogens is 1. The van der Waals surface area contributed by atoms with Crippen molar-refractivity contribution in [2.75, 3.05) is 13.1 Å². The molecule has 1 N–H and O–H groups in total. The Hall–Kier alpha value is -2.24. The van der Waals surface area contributed by atoms with Crippen LogP contribution in [-0.2, 0) is 18.7 Å². The molecule has 1 aliphatic rings. The number of nitrogens with zero attached hydrogens (tertiary/aromatic N) is 3. The van der Waals surface area contributed by atoms with Gasteiger partial charge in [-0.15, -0.1) is 0 Å². The molecule has 2 aromatic carbocycles. The van der Waals surface area contributed by atoms with Gasteiger partial charge in [-0.3, -0.25) is 4.90 Å². The summed E-state index contributed by atoms with van der Waals surface area (Å²) in [5.74, 6) is 0.743. The van der Waals surface area contributed by atoms with Crippen molar-refractivity contribution >= 4 is 11.0 Å². The van der Waals surface area contributed by atoms with Gasteiger partial charge in [0.05, 0.1) is 23.2 Å². The first kappa shape index (κ1) is 18.1. The number of aliphatic hydroxyl groups is 1. The van der Waals surface area contributed by atoms with Gasteiger partial charge in [0.25, 0.3) is 0 Å². The summed E-state index contributed by atoms with van der Waals surface area (Å²) in [6, 6.07) is 14.8. The second-order valence-electron chi connectivity index (χ2n) is 7.46. The van der Waals surface area contributed by atoms with Gasteiger partial charge in [-0.25, -0.2) is 9.37 Å². The molecule has 4 rings (SSSR count). The Morgan fingerprint density at radius 3 is 2.52 bits per heavy atom. The molecular formula is C22H26FN3O. The summed E-state index contributed by atoms with van der Waals surface area (Å²) in [5, 5.41) is 11.0. The van der Waals surface area contributed by atoms with Gasteiger partial charge in [0.2, 0.25) is 0 Å². The molecule has 0 aliphatic carbocycles. The number of rotatable bonds is 5. The van der Waals surface area contributed by atoms with Crippen LogP contribution in [0.2, 0.25) is 0 Å². The lowest BCUT2D eigenvalue weighted by molar-refractivity contribution is -0.0309. The minimum atomic E-state index is -1.08. The average Bonchev–Trinajstić information content (AvgIpc) is 3.02. The van der Waals surface area contributed by atoms with E-state index in [-0.39, 0.29) is 5.82 Å². The van der Waals surface area contributed by atoms with E-state index in [2.05, 4.69) is 34.6 Å². The quantitative estimate of drug-likeness (QED) is 0.739. The van der Waals surface area contributed by atoms with Crippen molar-refractivity contribution in [3.05, 3.63) is 65.7 Å². The number of piperidine rings is 1. The van der Waals surface area contributed by atoms with Crippen molar-refractivity contribution in [2.45, 2.75) is 44.9 Å². The lowest BCUT2D eigenvalue weighted by Crippen LogP contribution is -2.43. The Morgan fingerprint density at radius 2 is 1.78 bits per heavy atom. The van der Waals surface area contributed by atoms with Gasteiger partial charge in [-0.05, 0) is 37.5 Å². The van der Waals surface area contributed by atoms with E-state index in [1.807, 2.05) is 6.07 Å². The summed E-state index contributed by atoms with van der Waals surface area (Å²) in [4.78, 5) is 7.14. The van der Waals surface area contributed by atoms with Crippen molar-refractivity contribution < 1.29 is 9.50 Å². The summed E-state index contributed by atoms with van der Waals surface area (Å²) in [6.45, 7) is 5.32. The number of imidazole rings is 1. The second-order valence-corrected chi connectivity index (χ2v) is 7.46. The number of aromatic nitrogens is 2. The van der Waals surface area contributed by atoms with Gasteiger partial charge >= 0.3 is 0 Å². The molecule has 3 aromatic rings. The molecule has 2 heterocycles. The molecule has 0 spiro atoms. The normalized spacial score (nSPS) is 17.4. The second kappa shape index (κ2) is 7.41. The lowest BCUT2D eigenvalue weighted by atomic mass is 9.84. The van der Waals surface area contributed by atoms with E-state index in [0.29, 0.717) is 18.4 Å². The summed E-state index contributed by atoms with van der Waals surface area (Å²) >= 11 is 0. The molecule has 0 bridgehead atoms. The van der Waals surface area contributed by atoms with E-state index in [1.165, 1.54) is 11.6 Å². The third kappa shape index (κ3) is 3.49. The van der Waals surface area contributed by atoms with Crippen LogP contribution in [0.25, 0.3) is 11.0 Å². The maximum Gasteiger partial charge on any atom is 0.129 e. The maximum absolute atomic E-state index is 14.1. The Morgan fingerprint density at radius 1 is 1.07 bits per heavy atom. The van der Waals surface area contributed by atoms with Crippen molar-refractivity contribution in [3.63, 3.8) is 0 Å². The highest BCUT2D eigenvalue weighted by atomic mass is 19.1. The number of hydrogen-bond acceptors (Lipinski definition) is 3. The molecule has 27 heavy (non-hydrogen) atoms. The van der Waals surface area contributed by atoms with Gasteiger partial charge in [-0.2, -0.15) is 0 Å². The topological polar surface area (TPSA) is 41.3 Å². The molecule has 0 amide bonds. The van der Waals surface area contributed by atoms with Crippen LogP contribution in [-0.4, -0.2) is 32.6 Å². The third-order valence-electron chi connectivity index (χ3n) is 5.60. The highest BCUT2D eigenvalue weighted by Gasteiger charge is 2.36. The molecule has 1 saturated heterocycles. The predicted molar refractivity (Wildman–Crippen MR) is 105 cm³/mol. The first-order chi connectivity index (χ1) is 13.1. The Bertz CT molecular complexity index is 928.